The number of anilines is 2. The summed E-state index contributed by atoms with van der Waals surface area (Å²) < 4.78 is 1.53. The Hall–Kier alpha value is -2.05. The minimum absolute atomic E-state index is 0.180. The fraction of sp³-hybridized carbons (Fsp3) is 0.471. The van der Waals surface area contributed by atoms with Crippen LogP contribution in [0.1, 0.15) is 26.7 Å². The van der Waals surface area contributed by atoms with E-state index in [-0.39, 0.29) is 10.9 Å². The first-order valence-electron chi connectivity index (χ1n) is 8.11. The number of hydrogen-bond acceptors (Lipinski definition) is 5. The standard InChI is InChI=1S/C17H22N3O3/c1-3-19-14-7-5-4-6-13(14)15(16(17(19)21)20(22)23)18-10-8-12(2)9-11-18/h4-7,12,22H,3,8-11H2,1-2H3/q-1. The molecule has 0 spiro atoms. The smallest absolute Gasteiger partial charge is 0.278 e. The van der Waals surface area contributed by atoms with Gasteiger partial charge in [0, 0.05) is 25.0 Å². The van der Waals surface area contributed by atoms with Crippen LogP contribution in [0.2, 0.25) is 0 Å². The molecule has 0 bridgehead atoms. The van der Waals surface area contributed by atoms with Crippen molar-refractivity contribution in [2.45, 2.75) is 33.2 Å². The van der Waals surface area contributed by atoms with Crippen molar-refractivity contribution in [2.75, 3.05) is 23.2 Å². The number of fused-ring (bicyclic) bond motifs is 1. The van der Waals surface area contributed by atoms with Gasteiger partial charge in [0.25, 0.3) is 5.56 Å². The number of benzene rings is 1. The van der Waals surface area contributed by atoms with Gasteiger partial charge >= 0.3 is 0 Å². The van der Waals surface area contributed by atoms with Crippen LogP contribution in [0.4, 0.5) is 11.4 Å². The summed E-state index contributed by atoms with van der Waals surface area (Å²) in [7, 11) is 0. The van der Waals surface area contributed by atoms with Crippen molar-refractivity contribution in [1.29, 1.82) is 0 Å². The first kappa shape index (κ1) is 15.8. The molecule has 1 aliphatic rings. The lowest BCUT2D eigenvalue weighted by atomic mass is 9.98. The second kappa shape index (κ2) is 6.22. The van der Waals surface area contributed by atoms with E-state index in [1.165, 1.54) is 4.57 Å². The summed E-state index contributed by atoms with van der Waals surface area (Å²) >= 11 is 0. The molecule has 1 aliphatic heterocycles. The Labute approximate surface area is 135 Å². The van der Waals surface area contributed by atoms with E-state index in [0.29, 0.717) is 18.2 Å². The van der Waals surface area contributed by atoms with Gasteiger partial charge in [0.1, 0.15) is 5.69 Å². The molecule has 6 nitrogen and oxygen atoms in total. The Kier molecular flexibility index (Phi) is 4.28. The Balaban J connectivity index is 2.30. The molecule has 0 aliphatic carbocycles. The van der Waals surface area contributed by atoms with E-state index in [1.54, 1.807) is 0 Å². The number of pyridine rings is 1. The van der Waals surface area contributed by atoms with Crippen molar-refractivity contribution in [2.24, 2.45) is 5.92 Å². The van der Waals surface area contributed by atoms with E-state index in [4.69, 9.17) is 0 Å². The number of para-hydroxylation sites is 1. The summed E-state index contributed by atoms with van der Waals surface area (Å²) in [5, 5.41) is 21.9. The number of piperidine rings is 1. The minimum Gasteiger partial charge on any atom is -0.733 e. The summed E-state index contributed by atoms with van der Waals surface area (Å²) in [6.45, 7) is 6.06. The third kappa shape index (κ3) is 2.68. The van der Waals surface area contributed by atoms with Crippen molar-refractivity contribution in [3.63, 3.8) is 0 Å². The second-order valence-electron chi connectivity index (χ2n) is 6.21. The van der Waals surface area contributed by atoms with E-state index in [9.17, 15) is 15.2 Å². The molecular weight excluding hydrogens is 294 g/mol. The molecule has 1 aromatic heterocycles. The van der Waals surface area contributed by atoms with E-state index >= 15 is 0 Å². The van der Waals surface area contributed by atoms with E-state index in [0.717, 1.165) is 36.8 Å². The predicted octanol–water partition coefficient (Wildman–Crippen LogP) is 2.95. The first-order chi connectivity index (χ1) is 11.0. The predicted molar refractivity (Wildman–Crippen MR) is 92.1 cm³/mol. The summed E-state index contributed by atoms with van der Waals surface area (Å²) in [5.41, 5.74) is 0.719. The number of aromatic nitrogens is 1. The van der Waals surface area contributed by atoms with Crippen molar-refractivity contribution in [1.82, 2.24) is 4.57 Å². The van der Waals surface area contributed by atoms with E-state index in [2.05, 4.69) is 11.8 Å². The molecule has 23 heavy (non-hydrogen) atoms. The summed E-state index contributed by atoms with van der Waals surface area (Å²) in [4.78, 5) is 14.8. The monoisotopic (exact) mass is 316 g/mol. The zero-order valence-corrected chi connectivity index (χ0v) is 13.5. The summed E-state index contributed by atoms with van der Waals surface area (Å²) in [6, 6.07) is 7.55. The van der Waals surface area contributed by atoms with Crippen molar-refractivity contribution in [3.8, 4) is 0 Å². The summed E-state index contributed by atoms with van der Waals surface area (Å²) in [5.74, 6) is 0.634. The molecule has 0 amide bonds. The molecule has 0 radical (unpaired) electrons. The highest BCUT2D eigenvalue weighted by atomic mass is 16.8. The number of aryl methyl sites for hydroxylation is 1. The normalized spacial score (nSPS) is 16.1. The molecule has 1 fully saturated rings. The molecule has 0 unspecified atom stereocenters. The summed E-state index contributed by atoms with van der Waals surface area (Å²) in [6.07, 6.45) is 2.02. The molecule has 1 aromatic carbocycles. The van der Waals surface area contributed by atoms with Gasteiger partial charge in [-0.3, -0.25) is 10.0 Å². The van der Waals surface area contributed by atoms with Crippen LogP contribution in [0.5, 0.6) is 0 Å². The fourth-order valence-electron chi connectivity index (χ4n) is 3.41. The largest absolute Gasteiger partial charge is 0.733 e. The van der Waals surface area contributed by atoms with Gasteiger partial charge in [-0.15, -0.1) is 0 Å². The first-order valence-corrected chi connectivity index (χ1v) is 8.11. The average molecular weight is 316 g/mol. The second-order valence-corrected chi connectivity index (χ2v) is 6.21. The topological polar surface area (TPSA) is 71.8 Å². The molecule has 0 atom stereocenters. The molecule has 2 heterocycles. The molecule has 6 heteroatoms. The van der Waals surface area contributed by atoms with Crippen molar-refractivity contribution < 1.29 is 5.21 Å². The maximum absolute atomic E-state index is 12.7. The lowest BCUT2D eigenvalue weighted by molar-refractivity contribution is 0.295. The van der Waals surface area contributed by atoms with Crippen LogP contribution in [0, 0.1) is 11.1 Å². The highest BCUT2D eigenvalue weighted by Gasteiger charge is 2.24. The number of nitrogens with zero attached hydrogens (tertiary/aromatic N) is 3. The minimum atomic E-state index is -0.447. The zero-order valence-electron chi connectivity index (χ0n) is 13.5. The van der Waals surface area contributed by atoms with Gasteiger partial charge in [0.2, 0.25) is 0 Å². The van der Waals surface area contributed by atoms with Crippen LogP contribution >= 0.6 is 0 Å². The molecule has 3 rings (SSSR count). The fourth-order valence-corrected chi connectivity index (χ4v) is 3.41. The Morgan fingerprint density at radius 1 is 1.30 bits per heavy atom. The lowest BCUT2D eigenvalue weighted by Gasteiger charge is -2.36. The Morgan fingerprint density at radius 3 is 2.57 bits per heavy atom. The molecule has 1 saturated heterocycles. The number of hydrogen-bond donors (Lipinski definition) is 1. The maximum Gasteiger partial charge on any atom is 0.278 e. The van der Waals surface area contributed by atoms with Crippen LogP contribution in [0.25, 0.3) is 10.9 Å². The third-order valence-electron chi connectivity index (χ3n) is 4.73. The quantitative estimate of drug-likeness (QED) is 0.882. The molecule has 2 aromatic rings. The molecule has 124 valence electrons. The average Bonchev–Trinajstić information content (AvgIpc) is 2.54. The highest BCUT2D eigenvalue weighted by Crippen LogP contribution is 2.35. The molecule has 0 saturated carbocycles. The van der Waals surface area contributed by atoms with Crippen LogP contribution in [-0.4, -0.2) is 22.9 Å². The van der Waals surface area contributed by atoms with Gasteiger partial charge in [0.15, 0.2) is 0 Å². The van der Waals surface area contributed by atoms with E-state index in [1.807, 2.05) is 31.2 Å². The van der Waals surface area contributed by atoms with Crippen LogP contribution in [0.15, 0.2) is 29.1 Å². The Bertz CT molecular complexity index is 762. The molecule has 1 N–H and O–H groups in total. The van der Waals surface area contributed by atoms with Crippen molar-refractivity contribution >= 4 is 22.3 Å². The van der Waals surface area contributed by atoms with Gasteiger partial charge in [-0.05, 0) is 31.7 Å². The van der Waals surface area contributed by atoms with Crippen LogP contribution in [-0.2, 0) is 6.54 Å². The van der Waals surface area contributed by atoms with Gasteiger partial charge in [-0.1, -0.05) is 25.1 Å². The SMILES string of the molecule is CCn1c(=O)c(N([O-])O)c(N2CCC(C)CC2)c2ccccc21. The number of rotatable bonds is 3. The highest BCUT2D eigenvalue weighted by molar-refractivity contribution is 5.98. The van der Waals surface area contributed by atoms with Crippen LogP contribution in [0.3, 0.4) is 0 Å². The molecular formula is C17H22N3O3-. The Morgan fingerprint density at radius 2 is 1.96 bits per heavy atom. The lowest BCUT2D eigenvalue weighted by Crippen LogP contribution is -2.37. The zero-order chi connectivity index (χ0) is 16.6. The van der Waals surface area contributed by atoms with Crippen molar-refractivity contribution in [3.05, 3.63) is 39.8 Å². The van der Waals surface area contributed by atoms with Gasteiger partial charge in [-0.25, -0.2) is 0 Å². The van der Waals surface area contributed by atoms with Gasteiger partial charge in [0.05, 0.1) is 11.2 Å². The van der Waals surface area contributed by atoms with Crippen LogP contribution < -0.4 is 15.7 Å². The third-order valence-corrected chi connectivity index (χ3v) is 4.73. The van der Waals surface area contributed by atoms with Gasteiger partial charge < -0.3 is 19.9 Å². The van der Waals surface area contributed by atoms with E-state index < -0.39 is 5.56 Å². The maximum atomic E-state index is 12.7. The van der Waals surface area contributed by atoms with Gasteiger partial charge in [-0.2, -0.15) is 0 Å².